The molecule has 1 aromatic heterocycles. The number of hydrogen-bond acceptors (Lipinski definition) is 7. The van der Waals surface area contributed by atoms with E-state index in [4.69, 9.17) is 9.47 Å². The van der Waals surface area contributed by atoms with Crippen LogP contribution in [0.15, 0.2) is 54.7 Å². The molecule has 46 heavy (non-hydrogen) atoms. The summed E-state index contributed by atoms with van der Waals surface area (Å²) in [6.07, 6.45) is 5.93. The van der Waals surface area contributed by atoms with Gasteiger partial charge in [0.15, 0.2) is 0 Å². The van der Waals surface area contributed by atoms with Crippen LogP contribution >= 0.6 is 0 Å². The van der Waals surface area contributed by atoms with Crippen molar-refractivity contribution in [3.05, 3.63) is 77.2 Å². The first kappa shape index (κ1) is 33.8. The molecule has 0 bridgehead atoms. The zero-order chi connectivity index (χ0) is 33.1. The molecular formula is C37H49FN4O4. The Morgan fingerprint density at radius 3 is 2.61 bits per heavy atom. The summed E-state index contributed by atoms with van der Waals surface area (Å²) in [4.78, 5) is 19.1. The molecule has 1 amide bonds. The summed E-state index contributed by atoms with van der Waals surface area (Å²) >= 11 is 0. The van der Waals surface area contributed by atoms with Crippen molar-refractivity contribution in [2.75, 3.05) is 39.3 Å². The summed E-state index contributed by atoms with van der Waals surface area (Å²) in [7, 11) is 5.43. The van der Waals surface area contributed by atoms with Crippen LogP contribution in [0.4, 0.5) is 10.2 Å². The van der Waals surface area contributed by atoms with Crippen molar-refractivity contribution in [2.45, 2.75) is 83.1 Å². The fraction of sp³-hybridized carbons (Fsp3) is 0.514. The molecule has 2 heterocycles. The van der Waals surface area contributed by atoms with E-state index >= 15 is 0 Å². The molecule has 1 spiro atoms. The van der Waals surface area contributed by atoms with Crippen LogP contribution in [0.2, 0.25) is 0 Å². The molecule has 1 aliphatic heterocycles. The molecule has 1 fully saturated rings. The average molecular weight is 633 g/mol. The minimum absolute atomic E-state index is 0.0722. The summed E-state index contributed by atoms with van der Waals surface area (Å²) in [6, 6.07) is 14.2. The lowest BCUT2D eigenvalue weighted by Crippen LogP contribution is -2.52. The van der Waals surface area contributed by atoms with Crippen molar-refractivity contribution in [1.82, 2.24) is 15.6 Å². The van der Waals surface area contributed by atoms with Gasteiger partial charge in [-0.3, -0.25) is 4.79 Å². The number of methoxy groups -OCH3 is 1. The Kier molecular flexibility index (Phi) is 10.3. The van der Waals surface area contributed by atoms with Crippen molar-refractivity contribution in [2.24, 2.45) is 5.41 Å². The van der Waals surface area contributed by atoms with E-state index in [-0.39, 0.29) is 48.4 Å². The lowest BCUT2D eigenvalue weighted by atomic mass is 9.72. The summed E-state index contributed by atoms with van der Waals surface area (Å²) in [6.45, 7) is 6.83. The average Bonchev–Trinajstić information content (AvgIpc) is 2.97. The number of halogens is 1. The third-order valence-corrected chi connectivity index (χ3v) is 8.97. The molecule has 3 aromatic rings. The van der Waals surface area contributed by atoms with Gasteiger partial charge in [0.25, 0.3) is 0 Å². The van der Waals surface area contributed by atoms with E-state index in [1.54, 1.807) is 12.1 Å². The molecule has 5 rings (SSSR count). The zero-order valence-corrected chi connectivity index (χ0v) is 28.0. The highest BCUT2D eigenvalue weighted by Crippen LogP contribution is 2.52. The number of fused-ring (bicyclic) bond motifs is 1. The maximum Gasteiger partial charge on any atom is 0.246 e. The summed E-state index contributed by atoms with van der Waals surface area (Å²) in [5.74, 6) is 1.07. The second-order valence-electron chi connectivity index (χ2n) is 14.4. The molecular weight excluding hydrogens is 583 g/mol. The van der Waals surface area contributed by atoms with Gasteiger partial charge in [0.2, 0.25) is 5.91 Å². The summed E-state index contributed by atoms with van der Waals surface area (Å²) in [5, 5.41) is 18.1. The number of carbonyl (C=O) groups excluding carboxylic acids is 1. The fourth-order valence-corrected chi connectivity index (χ4v) is 6.63. The van der Waals surface area contributed by atoms with Gasteiger partial charge in [0, 0.05) is 57.5 Å². The summed E-state index contributed by atoms with van der Waals surface area (Å²) < 4.78 is 25.9. The molecule has 8 nitrogen and oxygen atoms in total. The molecule has 9 heteroatoms. The van der Waals surface area contributed by atoms with Crippen LogP contribution in [0.1, 0.15) is 69.2 Å². The van der Waals surface area contributed by atoms with E-state index in [1.807, 2.05) is 31.3 Å². The van der Waals surface area contributed by atoms with Crippen LogP contribution in [0, 0.1) is 11.2 Å². The highest BCUT2D eigenvalue weighted by atomic mass is 19.1. The molecule has 3 atom stereocenters. The number of rotatable bonds is 12. The normalized spacial score (nSPS) is 18.2. The number of carbonyl (C=O) groups is 1. The number of hydrogen-bond donors (Lipinski definition) is 3. The minimum atomic E-state index is -0.937. The highest BCUT2D eigenvalue weighted by Gasteiger charge is 2.46. The first-order chi connectivity index (χ1) is 21.8. The van der Waals surface area contributed by atoms with Gasteiger partial charge in [0.1, 0.15) is 29.6 Å². The summed E-state index contributed by atoms with van der Waals surface area (Å²) in [5.41, 5.74) is 4.91. The number of aromatic nitrogens is 1. The smallest absolute Gasteiger partial charge is 0.246 e. The van der Waals surface area contributed by atoms with Gasteiger partial charge in [0.05, 0.1) is 12.1 Å². The molecule has 0 unspecified atom stereocenters. The molecule has 1 aliphatic carbocycles. The standard InChI is InChI=1S/C37H49FN4O4/c1-36(2,3)20-25-16-28(26-11-14-39-33(19-26)42(4)5)35-29(17-25)31(21-37(46-35)12-8-13-37)40-22-32(43)30(41-34(44)23-45-6)18-24-9-7-10-27(38)15-24/h7,9-11,14-17,19,30-32,40,43H,8,12-13,18,20-23H2,1-6H3,(H,41,44)/t30-,31-,32+/m0/s1. The highest BCUT2D eigenvalue weighted by molar-refractivity contribution is 5.77. The van der Waals surface area contributed by atoms with E-state index < -0.39 is 12.1 Å². The Labute approximate surface area is 272 Å². The minimum Gasteiger partial charge on any atom is -0.486 e. The number of ether oxygens (including phenoxy) is 2. The maximum atomic E-state index is 14.0. The van der Waals surface area contributed by atoms with E-state index in [2.05, 4.69) is 54.6 Å². The number of nitrogens with zero attached hydrogens (tertiary/aromatic N) is 2. The van der Waals surface area contributed by atoms with Crippen LogP contribution in [-0.2, 0) is 22.4 Å². The second kappa shape index (κ2) is 14.1. The van der Waals surface area contributed by atoms with Crippen molar-refractivity contribution in [3.8, 4) is 16.9 Å². The van der Waals surface area contributed by atoms with Gasteiger partial charge in [-0.25, -0.2) is 9.37 Å². The zero-order valence-electron chi connectivity index (χ0n) is 28.0. The van der Waals surface area contributed by atoms with E-state index in [0.717, 1.165) is 60.4 Å². The Balaban J connectivity index is 1.48. The van der Waals surface area contributed by atoms with Crippen LogP contribution in [0.25, 0.3) is 11.1 Å². The number of amides is 1. The van der Waals surface area contributed by atoms with Crippen molar-refractivity contribution >= 4 is 11.7 Å². The van der Waals surface area contributed by atoms with Gasteiger partial charge >= 0.3 is 0 Å². The van der Waals surface area contributed by atoms with Gasteiger partial charge in [-0.15, -0.1) is 0 Å². The molecule has 3 N–H and O–H groups in total. The quantitative estimate of drug-likeness (QED) is 0.239. The van der Waals surface area contributed by atoms with E-state index in [0.29, 0.717) is 5.56 Å². The van der Waals surface area contributed by atoms with E-state index in [9.17, 15) is 14.3 Å². The van der Waals surface area contributed by atoms with Gasteiger partial charge < -0.3 is 30.1 Å². The largest absolute Gasteiger partial charge is 0.486 e. The Morgan fingerprint density at radius 2 is 1.96 bits per heavy atom. The molecule has 0 saturated heterocycles. The monoisotopic (exact) mass is 632 g/mol. The van der Waals surface area contributed by atoms with Crippen molar-refractivity contribution in [3.63, 3.8) is 0 Å². The van der Waals surface area contributed by atoms with Gasteiger partial charge in [-0.05, 0) is 84.5 Å². The SMILES string of the molecule is COCC(=O)N[C@@H](Cc1cccc(F)c1)[C@H](O)CN[C@H]1CC2(CCC2)Oc2c(-c3ccnc(N(C)C)c3)cc(CC(C)(C)C)cc21. The van der Waals surface area contributed by atoms with Gasteiger partial charge in [-0.1, -0.05) is 39.0 Å². The third kappa shape index (κ3) is 8.24. The topological polar surface area (TPSA) is 96.0 Å². The maximum absolute atomic E-state index is 14.0. The number of anilines is 1. The third-order valence-electron chi connectivity index (χ3n) is 8.97. The van der Waals surface area contributed by atoms with Crippen LogP contribution in [0.3, 0.4) is 0 Å². The first-order valence-corrected chi connectivity index (χ1v) is 16.3. The van der Waals surface area contributed by atoms with Crippen molar-refractivity contribution in [1.29, 1.82) is 0 Å². The molecule has 0 radical (unpaired) electrons. The van der Waals surface area contributed by atoms with Gasteiger partial charge in [-0.2, -0.15) is 0 Å². The Morgan fingerprint density at radius 1 is 1.17 bits per heavy atom. The molecule has 1 saturated carbocycles. The number of aliphatic hydroxyl groups is 1. The Hall–Kier alpha value is -3.53. The lowest BCUT2D eigenvalue weighted by molar-refractivity contribution is -0.126. The molecule has 248 valence electrons. The van der Waals surface area contributed by atoms with Crippen LogP contribution in [0.5, 0.6) is 5.75 Å². The van der Waals surface area contributed by atoms with Crippen LogP contribution < -0.4 is 20.3 Å². The Bertz CT molecular complexity index is 1520. The number of benzene rings is 2. The van der Waals surface area contributed by atoms with Crippen molar-refractivity contribution < 1.29 is 23.8 Å². The van der Waals surface area contributed by atoms with Crippen LogP contribution in [-0.4, -0.2) is 68.1 Å². The number of aliphatic hydroxyl groups excluding tert-OH is 1. The number of pyridine rings is 1. The first-order valence-electron chi connectivity index (χ1n) is 16.3. The number of nitrogens with one attached hydrogen (secondary N) is 2. The lowest BCUT2D eigenvalue weighted by Gasteiger charge is -2.49. The predicted octanol–water partition coefficient (Wildman–Crippen LogP) is 5.61. The predicted molar refractivity (Wildman–Crippen MR) is 180 cm³/mol. The molecule has 2 aromatic carbocycles. The second-order valence-corrected chi connectivity index (χ2v) is 14.4. The fourth-order valence-electron chi connectivity index (χ4n) is 6.63. The molecule has 2 aliphatic rings. The van der Waals surface area contributed by atoms with E-state index in [1.165, 1.54) is 24.8 Å².